The van der Waals surface area contributed by atoms with Gasteiger partial charge in [-0.2, -0.15) is 9.97 Å². The molecular weight excluding hydrogens is 564 g/mol. The molecule has 2 aromatic heterocycles. The predicted molar refractivity (Wildman–Crippen MR) is 167 cm³/mol. The molecule has 0 aliphatic carbocycles. The molecule has 0 amide bonds. The lowest BCUT2D eigenvalue weighted by molar-refractivity contribution is 0.107. The average Bonchev–Trinajstić information content (AvgIpc) is 3.44. The number of aromatic nitrogens is 3. The van der Waals surface area contributed by atoms with Crippen molar-refractivity contribution in [2.75, 3.05) is 44.4 Å². The fraction of sp³-hybridized carbons (Fsp3) is 0.500. The van der Waals surface area contributed by atoms with E-state index in [0.29, 0.717) is 68.1 Å². The molecule has 44 heavy (non-hydrogen) atoms. The standard InChI is InChI=1S/C34H39F2N5O3/c1-4-25-28(36)7-6-22-14-24(42)15-26(29(22)25)30-21(3)31-27(17-37-30)32(41-11-13-43-12-8-20(41)2)39-33(38-31)44-19-34-9-5-10-40(34)18-23(35)16-34/h6-7,14-15,17,20,23,42H,4-5,8-13,16,18-19H2,1-3H3/t20-,23-,34+/m1/s1. The molecule has 2 aromatic carbocycles. The van der Waals surface area contributed by atoms with Crippen LogP contribution in [0.2, 0.25) is 0 Å². The quantitative estimate of drug-likeness (QED) is 0.282. The predicted octanol–water partition coefficient (Wildman–Crippen LogP) is 6.13. The van der Waals surface area contributed by atoms with Gasteiger partial charge in [0.1, 0.15) is 30.2 Å². The van der Waals surface area contributed by atoms with Gasteiger partial charge in [0, 0.05) is 49.5 Å². The van der Waals surface area contributed by atoms with E-state index in [2.05, 4.69) is 16.7 Å². The van der Waals surface area contributed by atoms with E-state index in [4.69, 9.17) is 24.4 Å². The summed E-state index contributed by atoms with van der Waals surface area (Å²) in [7, 11) is 0. The van der Waals surface area contributed by atoms with Gasteiger partial charge in [0.05, 0.1) is 28.7 Å². The van der Waals surface area contributed by atoms with Crippen molar-refractivity contribution in [3.8, 4) is 23.0 Å². The van der Waals surface area contributed by atoms with Gasteiger partial charge in [0.15, 0.2) is 0 Å². The van der Waals surface area contributed by atoms with Crippen LogP contribution in [0, 0.1) is 12.7 Å². The Hall–Kier alpha value is -3.63. The summed E-state index contributed by atoms with van der Waals surface area (Å²) in [5.74, 6) is 0.518. The van der Waals surface area contributed by atoms with E-state index >= 15 is 4.39 Å². The highest BCUT2D eigenvalue weighted by molar-refractivity contribution is 6.03. The molecule has 1 N–H and O–H groups in total. The van der Waals surface area contributed by atoms with Gasteiger partial charge in [-0.3, -0.25) is 9.88 Å². The molecule has 232 valence electrons. The van der Waals surface area contributed by atoms with Crippen molar-refractivity contribution in [2.24, 2.45) is 0 Å². The first-order chi connectivity index (χ1) is 21.3. The minimum absolute atomic E-state index is 0.0800. The molecule has 10 heteroatoms. The smallest absolute Gasteiger partial charge is 0.319 e. The second kappa shape index (κ2) is 11.4. The topological polar surface area (TPSA) is 83.8 Å². The van der Waals surface area contributed by atoms with Gasteiger partial charge >= 0.3 is 6.01 Å². The summed E-state index contributed by atoms with van der Waals surface area (Å²) in [4.78, 5) is 19.2. The number of rotatable bonds is 6. The van der Waals surface area contributed by atoms with E-state index < -0.39 is 6.17 Å². The summed E-state index contributed by atoms with van der Waals surface area (Å²) in [5, 5.41) is 12.9. The highest BCUT2D eigenvalue weighted by atomic mass is 19.1. The fourth-order valence-electron chi connectivity index (χ4n) is 7.63. The highest BCUT2D eigenvalue weighted by Gasteiger charge is 2.49. The fourth-order valence-corrected chi connectivity index (χ4v) is 7.63. The van der Waals surface area contributed by atoms with Gasteiger partial charge in [-0.25, -0.2) is 8.78 Å². The number of phenolic OH excluding ortho intramolecular Hbond substituents is 1. The maximum atomic E-state index is 15.0. The normalized spacial score (nSPS) is 24.2. The Morgan fingerprint density at radius 3 is 2.89 bits per heavy atom. The molecule has 0 bridgehead atoms. The number of nitrogens with zero attached hydrogens (tertiary/aromatic N) is 5. The number of fused-ring (bicyclic) bond motifs is 3. The molecule has 0 radical (unpaired) electrons. The van der Waals surface area contributed by atoms with Crippen molar-refractivity contribution in [3.63, 3.8) is 0 Å². The maximum absolute atomic E-state index is 15.0. The molecule has 0 spiro atoms. The summed E-state index contributed by atoms with van der Waals surface area (Å²) >= 11 is 0. The zero-order chi connectivity index (χ0) is 30.6. The molecule has 0 unspecified atom stereocenters. The lowest BCUT2D eigenvalue weighted by Crippen LogP contribution is -2.43. The van der Waals surface area contributed by atoms with Gasteiger partial charge in [-0.05, 0) is 80.6 Å². The lowest BCUT2D eigenvalue weighted by Gasteiger charge is -2.31. The van der Waals surface area contributed by atoms with Gasteiger partial charge in [-0.15, -0.1) is 0 Å². The Balaban J connectivity index is 1.39. The number of aryl methyl sites for hydroxylation is 2. The first kappa shape index (κ1) is 29.1. The number of hydrogen-bond donors (Lipinski definition) is 1. The van der Waals surface area contributed by atoms with Crippen molar-refractivity contribution >= 4 is 27.5 Å². The molecule has 7 rings (SSSR count). The second-order valence-corrected chi connectivity index (χ2v) is 12.6. The van der Waals surface area contributed by atoms with E-state index in [-0.39, 0.29) is 29.2 Å². The molecule has 3 atom stereocenters. The van der Waals surface area contributed by atoms with Crippen molar-refractivity contribution in [2.45, 2.75) is 70.6 Å². The molecule has 3 saturated heterocycles. The number of phenols is 1. The highest BCUT2D eigenvalue weighted by Crippen LogP contribution is 2.42. The second-order valence-electron chi connectivity index (χ2n) is 12.6. The number of benzene rings is 2. The van der Waals surface area contributed by atoms with Crippen molar-refractivity contribution in [3.05, 3.63) is 47.4 Å². The van der Waals surface area contributed by atoms with Crippen LogP contribution in [0.25, 0.3) is 32.9 Å². The first-order valence-corrected chi connectivity index (χ1v) is 15.8. The van der Waals surface area contributed by atoms with Crippen molar-refractivity contribution in [1.82, 2.24) is 19.9 Å². The van der Waals surface area contributed by atoms with Crippen LogP contribution in [-0.2, 0) is 11.2 Å². The molecule has 5 heterocycles. The molecular formula is C34H39F2N5O3. The molecule has 0 saturated carbocycles. The number of pyridine rings is 1. The number of hydrogen-bond acceptors (Lipinski definition) is 8. The van der Waals surface area contributed by atoms with Crippen LogP contribution >= 0.6 is 0 Å². The van der Waals surface area contributed by atoms with Crippen LogP contribution in [0.15, 0.2) is 30.5 Å². The minimum atomic E-state index is -0.851. The van der Waals surface area contributed by atoms with Crippen LogP contribution in [-0.4, -0.2) is 82.2 Å². The summed E-state index contributed by atoms with van der Waals surface area (Å²) in [6.45, 7) is 9.59. The summed E-state index contributed by atoms with van der Waals surface area (Å²) < 4.78 is 41.7. The number of aromatic hydroxyl groups is 1. The van der Waals surface area contributed by atoms with E-state index in [9.17, 15) is 9.50 Å². The molecule has 8 nitrogen and oxygen atoms in total. The lowest BCUT2D eigenvalue weighted by atomic mass is 9.93. The van der Waals surface area contributed by atoms with Crippen LogP contribution in [0.5, 0.6) is 11.8 Å². The van der Waals surface area contributed by atoms with E-state index in [1.165, 1.54) is 6.07 Å². The third-order valence-electron chi connectivity index (χ3n) is 9.89. The number of alkyl halides is 1. The SMILES string of the molecule is CCc1c(F)ccc2cc(O)cc(-c3ncc4c(N5CCOCC[C@H]5C)nc(OC[C@@]56CCCN5C[C@H](F)C6)nc4c3C)c12. The van der Waals surface area contributed by atoms with Crippen LogP contribution in [0.3, 0.4) is 0 Å². The van der Waals surface area contributed by atoms with Crippen LogP contribution in [0.4, 0.5) is 14.6 Å². The molecule has 3 aliphatic rings. The largest absolute Gasteiger partial charge is 0.508 e. The number of anilines is 1. The Bertz CT molecular complexity index is 1740. The summed E-state index contributed by atoms with van der Waals surface area (Å²) in [6.07, 6.45) is 4.64. The van der Waals surface area contributed by atoms with Crippen LogP contribution in [0.1, 0.15) is 50.7 Å². The Morgan fingerprint density at radius 1 is 1.18 bits per heavy atom. The first-order valence-electron chi connectivity index (χ1n) is 15.8. The van der Waals surface area contributed by atoms with Crippen molar-refractivity contribution in [1.29, 1.82) is 0 Å². The Morgan fingerprint density at radius 2 is 2.05 bits per heavy atom. The molecule has 3 aliphatic heterocycles. The number of halogens is 2. The van der Waals surface area contributed by atoms with Gasteiger partial charge < -0.3 is 19.5 Å². The molecule has 3 fully saturated rings. The van der Waals surface area contributed by atoms with E-state index in [1.54, 1.807) is 24.4 Å². The zero-order valence-corrected chi connectivity index (χ0v) is 25.6. The monoisotopic (exact) mass is 603 g/mol. The molecule has 4 aromatic rings. The van der Waals surface area contributed by atoms with Gasteiger partial charge in [0.25, 0.3) is 0 Å². The van der Waals surface area contributed by atoms with E-state index in [1.807, 2.05) is 13.8 Å². The van der Waals surface area contributed by atoms with Gasteiger partial charge in [0.2, 0.25) is 0 Å². The Kier molecular flexibility index (Phi) is 7.53. The van der Waals surface area contributed by atoms with E-state index in [0.717, 1.165) is 53.3 Å². The van der Waals surface area contributed by atoms with Gasteiger partial charge in [-0.1, -0.05) is 13.0 Å². The third kappa shape index (κ3) is 4.92. The third-order valence-corrected chi connectivity index (χ3v) is 9.89. The van der Waals surface area contributed by atoms with Crippen molar-refractivity contribution < 1.29 is 23.4 Å². The maximum Gasteiger partial charge on any atom is 0.319 e. The Labute approximate surface area is 256 Å². The number of ether oxygens (including phenoxy) is 2. The van der Waals surface area contributed by atoms with Crippen LogP contribution < -0.4 is 9.64 Å². The minimum Gasteiger partial charge on any atom is -0.508 e. The summed E-state index contributed by atoms with van der Waals surface area (Å²) in [6, 6.07) is 6.85. The average molecular weight is 604 g/mol. The zero-order valence-electron chi connectivity index (χ0n) is 25.6. The summed E-state index contributed by atoms with van der Waals surface area (Å²) in [5.41, 5.74) is 2.95.